The van der Waals surface area contributed by atoms with Crippen molar-refractivity contribution in [2.24, 2.45) is 5.10 Å². The highest BCUT2D eigenvalue weighted by Gasteiger charge is 2.14. The molecule has 0 fully saturated rings. The van der Waals surface area contributed by atoms with Gasteiger partial charge in [0.15, 0.2) is 0 Å². The Morgan fingerprint density at radius 3 is 2.61 bits per heavy atom. The predicted molar refractivity (Wildman–Crippen MR) is 86.6 cm³/mol. The van der Waals surface area contributed by atoms with Crippen LogP contribution in [0.4, 0.5) is 10.1 Å². The van der Waals surface area contributed by atoms with Crippen molar-refractivity contribution in [1.82, 2.24) is 5.43 Å². The zero-order chi connectivity index (χ0) is 16.8. The molecule has 0 aliphatic carbocycles. The van der Waals surface area contributed by atoms with Crippen molar-refractivity contribution >= 4 is 39.6 Å². The lowest BCUT2D eigenvalue weighted by Crippen LogP contribution is -2.32. The summed E-state index contributed by atoms with van der Waals surface area (Å²) in [5, 5.41) is 15.1. The number of rotatable bonds is 3. The number of benzene rings is 2. The van der Waals surface area contributed by atoms with Crippen molar-refractivity contribution in [3.63, 3.8) is 0 Å². The second-order valence-corrected chi connectivity index (χ2v) is 5.20. The molecule has 6 nitrogen and oxygen atoms in total. The molecule has 0 radical (unpaired) electrons. The third-order valence-corrected chi connectivity index (χ3v) is 3.31. The summed E-state index contributed by atoms with van der Waals surface area (Å²) in [6.45, 7) is 0. The van der Waals surface area contributed by atoms with Gasteiger partial charge in [0.2, 0.25) is 0 Å². The monoisotopic (exact) mass is 379 g/mol. The van der Waals surface area contributed by atoms with E-state index in [9.17, 15) is 19.1 Å². The van der Waals surface area contributed by atoms with Gasteiger partial charge in [0, 0.05) is 0 Å². The Labute approximate surface area is 139 Å². The van der Waals surface area contributed by atoms with Crippen LogP contribution in [0, 0.1) is 5.82 Å². The minimum atomic E-state index is -1.04. The largest absolute Gasteiger partial charge is 0.507 e. The van der Waals surface area contributed by atoms with Crippen molar-refractivity contribution in [2.75, 3.05) is 5.32 Å². The number of nitrogens with one attached hydrogen (secondary N) is 2. The molecule has 3 N–H and O–H groups in total. The first-order valence-electron chi connectivity index (χ1n) is 6.35. The topological polar surface area (TPSA) is 90.8 Å². The van der Waals surface area contributed by atoms with Crippen molar-refractivity contribution in [3.05, 3.63) is 58.3 Å². The van der Waals surface area contributed by atoms with Gasteiger partial charge in [0.1, 0.15) is 11.6 Å². The number of anilines is 1. The summed E-state index contributed by atoms with van der Waals surface area (Å²) < 4.78 is 13.8. The van der Waals surface area contributed by atoms with Crippen LogP contribution < -0.4 is 10.7 Å². The molecular weight excluding hydrogens is 369 g/mol. The Morgan fingerprint density at radius 1 is 1.17 bits per heavy atom. The molecule has 0 aliphatic heterocycles. The average molecular weight is 380 g/mol. The molecule has 0 saturated heterocycles. The highest BCUT2D eigenvalue weighted by Crippen LogP contribution is 2.23. The number of amides is 2. The smallest absolute Gasteiger partial charge is 0.329 e. The van der Waals surface area contributed by atoms with Gasteiger partial charge in [-0.15, -0.1) is 0 Å². The minimum Gasteiger partial charge on any atom is -0.507 e. The number of aromatic hydroxyl groups is 1. The quantitative estimate of drug-likeness (QED) is 0.434. The summed E-state index contributed by atoms with van der Waals surface area (Å²) >= 11 is 3.14. The number of carbonyl (C=O) groups excluding carboxylic acids is 2. The summed E-state index contributed by atoms with van der Waals surface area (Å²) in [5.74, 6) is -2.66. The molecule has 2 rings (SSSR count). The first-order chi connectivity index (χ1) is 11.0. The summed E-state index contributed by atoms with van der Waals surface area (Å²) in [4.78, 5) is 23.2. The van der Waals surface area contributed by atoms with E-state index < -0.39 is 17.6 Å². The number of hydrogen-bond donors (Lipinski definition) is 3. The zero-order valence-corrected chi connectivity index (χ0v) is 13.2. The lowest BCUT2D eigenvalue weighted by atomic mass is 10.2. The molecule has 23 heavy (non-hydrogen) atoms. The van der Waals surface area contributed by atoms with Crippen LogP contribution in [0.15, 0.2) is 52.0 Å². The van der Waals surface area contributed by atoms with Gasteiger partial charge in [-0.3, -0.25) is 9.59 Å². The predicted octanol–water partition coefficient (Wildman–Crippen LogP) is 2.38. The number of halogens is 2. The SMILES string of the molecule is O=C(N/N=C/c1ccc(O)c(Br)c1)C(=O)Nc1ccccc1F. The van der Waals surface area contributed by atoms with E-state index in [4.69, 9.17) is 0 Å². The van der Waals surface area contributed by atoms with Crippen LogP contribution in [0.2, 0.25) is 0 Å². The highest BCUT2D eigenvalue weighted by atomic mass is 79.9. The molecule has 118 valence electrons. The van der Waals surface area contributed by atoms with Gasteiger partial charge in [-0.05, 0) is 51.8 Å². The molecule has 0 unspecified atom stereocenters. The summed E-state index contributed by atoms with van der Waals surface area (Å²) in [5.41, 5.74) is 2.51. The molecule has 2 aromatic rings. The number of nitrogens with zero attached hydrogens (tertiary/aromatic N) is 1. The fraction of sp³-hybridized carbons (Fsp3) is 0. The van der Waals surface area contributed by atoms with Crippen LogP contribution in [0.25, 0.3) is 0 Å². The van der Waals surface area contributed by atoms with Crippen LogP contribution >= 0.6 is 15.9 Å². The van der Waals surface area contributed by atoms with Crippen LogP contribution in [-0.2, 0) is 9.59 Å². The molecule has 2 aromatic carbocycles. The third-order valence-electron chi connectivity index (χ3n) is 2.68. The van der Waals surface area contributed by atoms with Crippen LogP contribution in [-0.4, -0.2) is 23.1 Å². The van der Waals surface area contributed by atoms with E-state index in [-0.39, 0.29) is 11.4 Å². The zero-order valence-electron chi connectivity index (χ0n) is 11.6. The fourth-order valence-corrected chi connectivity index (χ4v) is 1.96. The first kappa shape index (κ1) is 16.6. The molecule has 0 aliphatic rings. The van der Waals surface area contributed by atoms with Gasteiger partial charge >= 0.3 is 11.8 Å². The fourth-order valence-electron chi connectivity index (χ4n) is 1.56. The number of phenolic OH excluding ortho intramolecular Hbond substituents is 1. The standard InChI is InChI=1S/C15H11BrFN3O3/c16-10-7-9(5-6-13(10)21)8-18-20-15(23)14(22)19-12-4-2-1-3-11(12)17/h1-8,21H,(H,19,22)(H,20,23)/b18-8+. The van der Waals surface area contributed by atoms with Gasteiger partial charge in [-0.2, -0.15) is 5.10 Å². The van der Waals surface area contributed by atoms with Gasteiger partial charge < -0.3 is 10.4 Å². The minimum absolute atomic E-state index is 0.0652. The molecule has 0 saturated carbocycles. The maximum atomic E-state index is 13.4. The lowest BCUT2D eigenvalue weighted by molar-refractivity contribution is -0.136. The first-order valence-corrected chi connectivity index (χ1v) is 7.14. The van der Waals surface area contributed by atoms with E-state index in [0.29, 0.717) is 10.0 Å². The highest BCUT2D eigenvalue weighted by molar-refractivity contribution is 9.10. The number of hydrazone groups is 1. The Kier molecular flexibility index (Phi) is 5.42. The van der Waals surface area contributed by atoms with E-state index in [1.165, 1.54) is 30.5 Å². The molecule has 0 spiro atoms. The molecular formula is C15H11BrFN3O3. The van der Waals surface area contributed by atoms with E-state index in [1.54, 1.807) is 12.1 Å². The summed E-state index contributed by atoms with van der Waals surface area (Å²) in [6.07, 6.45) is 1.29. The molecule has 0 heterocycles. The third kappa shape index (κ3) is 4.62. The van der Waals surface area contributed by atoms with Crippen molar-refractivity contribution in [1.29, 1.82) is 0 Å². The number of phenols is 1. The Balaban J connectivity index is 1.93. The van der Waals surface area contributed by atoms with Crippen molar-refractivity contribution < 1.29 is 19.1 Å². The van der Waals surface area contributed by atoms with Crippen molar-refractivity contribution in [2.45, 2.75) is 0 Å². The van der Waals surface area contributed by atoms with Gasteiger partial charge in [-0.1, -0.05) is 12.1 Å². The molecule has 0 bridgehead atoms. The molecule has 2 amide bonds. The number of para-hydroxylation sites is 1. The van der Waals surface area contributed by atoms with Gasteiger partial charge in [-0.25, -0.2) is 9.82 Å². The van der Waals surface area contributed by atoms with E-state index in [0.717, 1.165) is 6.07 Å². The second kappa shape index (κ2) is 7.50. The summed E-state index contributed by atoms with van der Waals surface area (Å²) in [6, 6.07) is 10.1. The van der Waals surface area contributed by atoms with E-state index in [2.05, 4.69) is 26.3 Å². The van der Waals surface area contributed by atoms with Gasteiger partial charge in [0.05, 0.1) is 16.4 Å². The number of carbonyl (C=O) groups is 2. The molecule has 0 aromatic heterocycles. The Hall–Kier alpha value is -2.74. The Morgan fingerprint density at radius 2 is 1.91 bits per heavy atom. The van der Waals surface area contributed by atoms with E-state index in [1.807, 2.05) is 5.43 Å². The maximum absolute atomic E-state index is 13.4. The number of hydrogen-bond acceptors (Lipinski definition) is 4. The molecule has 0 atom stereocenters. The lowest BCUT2D eigenvalue weighted by Gasteiger charge is -2.04. The van der Waals surface area contributed by atoms with Crippen LogP contribution in [0.5, 0.6) is 5.75 Å². The average Bonchev–Trinajstić information content (AvgIpc) is 2.53. The van der Waals surface area contributed by atoms with Crippen LogP contribution in [0.3, 0.4) is 0 Å². The van der Waals surface area contributed by atoms with Crippen LogP contribution in [0.1, 0.15) is 5.56 Å². The Bertz CT molecular complexity index is 780. The van der Waals surface area contributed by atoms with Gasteiger partial charge in [0.25, 0.3) is 0 Å². The van der Waals surface area contributed by atoms with E-state index >= 15 is 0 Å². The maximum Gasteiger partial charge on any atom is 0.329 e. The molecule has 8 heteroatoms. The second-order valence-electron chi connectivity index (χ2n) is 4.34. The summed E-state index contributed by atoms with van der Waals surface area (Å²) in [7, 11) is 0. The van der Waals surface area contributed by atoms with Crippen molar-refractivity contribution in [3.8, 4) is 5.75 Å². The normalized spacial score (nSPS) is 10.5.